The van der Waals surface area contributed by atoms with Crippen LogP contribution >= 0.6 is 0 Å². The maximum atomic E-state index is 2.47. The van der Waals surface area contributed by atoms with Crippen LogP contribution in [-0.2, 0) is 14.1 Å². The van der Waals surface area contributed by atoms with Gasteiger partial charge in [0.05, 0.1) is 0 Å². The molecule has 0 amide bonds. The Kier molecular flexibility index (Phi) is 7.09. The van der Waals surface area contributed by atoms with Crippen molar-refractivity contribution in [3.05, 3.63) is 194 Å². The molecule has 0 spiro atoms. The Labute approximate surface area is 336 Å². The van der Waals surface area contributed by atoms with Gasteiger partial charge in [0.15, 0.2) is 0 Å². The monoisotopic (exact) mass is 738 g/mol. The fourth-order valence-electron chi connectivity index (χ4n) is 9.94. The molecule has 0 radical (unpaired) electrons. The smallest absolute Gasteiger partial charge is 0.0489 e. The zero-order valence-corrected chi connectivity index (χ0v) is 32.4. The van der Waals surface area contributed by atoms with Crippen molar-refractivity contribution in [3.63, 3.8) is 0 Å². The highest BCUT2D eigenvalue weighted by molar-refractivity contribution is 6.22. The molecular formula is C56H38N2. The van der Waals surface area contributed by atoms with Crippen LogP contribution in [0.15, 0.2) is 194 Å². The molecule has 58 heavy (non-hydrogen) atoms. The quantitative estimate of drug-likeness (QED) is 0.159. The molecule has 0 fully saturated rings. The van der Waals surface area contributed by atoms with Gasteiger partial charge in [-0.1, -0.05) is 140 Å². The molecule has 2 heteroatoms. The summed E-state index contributed by atoms with van der Waals surface area (Å²) in [5, 5.41) is 12.6. The SMILES string of the molecule is Cn1c2ccccc2c2cc(-c3cccc4c(-c5cc6ccccc6cc5-c5ccccc5)c5cccc(-c6ccc7c(c6)c6ccccc6n7C)c5cc34)ccc21. The Morgan fingerprint density at radius 1 is 0.259 bits per heavy atom. The van der Waals surface area contributed by atoms with Gasteiger partial charge in [-0.3, -0.25) is 0 Å². The molecule has 12 aromatic rings. The van der Waals surface area contributed by atoms with E-state index in [1.807, 2.05) is 0 Å². The lowest BCUT2D eigenvalue weighted by Gasteiger charge is -2.20. The molecular weight excluding hydrogens is 701 g/mol. The van der Waals surface area contributed by atoms with Crippen molar-refractivity contribution in [2.24, 2.45) is 14.1 Å². The fraction of sp³-hybridized carbons (Fsp3) is 0.0357. The Balaban J connectivity index is 1.21. The van der Waals surface area contributed by atoms with Gasteiger partial charge in [-0.05, 0) is 131 Å². The lowest BCUT2D eigenvalue weighted by molar-refractivity contribution is 1.01. The van der Waals surface area contributed by atoms with Gasteiger partial charge in [-0.15, -0.1) is 0 Å². The van der Waals surface area contributed by atoms with Gasteiger partial charge in [0.1, 0.15) is 0 Å². The summed E-state index contributed by atoms with van der Waals surface area (Å²) < 4.78 is 4.63. The number of nitrogens with zero attached hydrogens (tertiary/aromatic N) is 2. The predicted molar refractivity (Wildman–Crippen MR) is 249 cm³/mol. The molecule has 2 nitrogen and oxygen atoms in total. The predicted octanol–water partition coefficient (Wildman–Crippen LogP) is 15.1. The Morgan fingerprint density at radius 2 is 0.707 bits per heavy atom. The van der Waals surface area contributed by atoms with Crippen molar-refractivity contribution in [2.45, 2.75) is 0 Å². The van der Waals surface area contributed by atoms with Gasteiger partial charge >= 0.3 is 0 Å². The van der Waals surface area contributed by atoms with Crippen molar-refractivity contribution in [3.8, 4) is 44.5 Å². The van der Waals surface area contributed by atoms with Crippen LogP contribution in [0.3, 0.4) is 0 Å². The van der Waals surface area contributed by atoms with Crippen LogP contribution in [0, 0.1) is 0 Å². The second kappa shape index (κ2) is 12.5. The van der Waals surface area contributed by atoms with E-state index >= 15 is 0 Å². The molecule has 0 aliphatic carbocycles. The van der Waals surface area contributed by atoms with Crippen LogP contribution in [0.4, 0.5) is 0 Å². The lowest BCUT2D eigenvalue weighted by Crippen LogP contribution is -1.93. The first-order valence-corrected chi connectivity index (χ1v) is 20.1. The molecule has 0 aliphatic rings. The summed E-state index contributed by atoms with van der Waals surface area (Å²) in [6.45, 7) is 0. The zero-order valence-electron chi connectivity index (χ0n) is 32.4. The zero-order chi connectivity index (χ0) is 38.5. The lowest BCUT2D eigenvalue weighted by atomic mass is 9.83. The van der Waals surface area contributed by atoms with Crippen LogP contribution in [-0.4, -0.2) is 9.13 Å². The Morgan fingerprint density at radius 3 is 1.26 bits per heavy atom. The van der Waals surface area contributed by atoms with Crippen LogP contribution in [0.25, 0.3) is 120 Å². The van der Waals surface area contributed by atoms with Crippen LogP contribution in [0.2, 0.25) is 0 Å². The molecule has 0 bridgehead atoms. The van der Waals surface area contributed by atoms with Gasteiger partial charge in [-0.25, -0.2) is 0 Å². The summed E-state index contributed by atoms with van der Waals surface area (Å²) in [7, 11) is 4.34. The minimum absolute atomic E-state index is 1.21. The number of aromatic nitrogens is 2. The topological polar surface area (TPSA) is 9.86 Å². The summed E-state index contributed by atoms with van der Waals surface area (Å²) in [4.78, 5) is 0. The van der Waals surface area contributed by atoms with Crippen LogP contribution in [0.1, 0.15) is 0 Å². The molecule has 12 rings (SSSR count). The number of para-hydroxylation sites is 2. The van der Waals surface area contributed by atoms with Gasteiger partial charge in [-0.2, -0.15) is 0 Å². The Bertz CT molecular complexity index is 3460. The molecule has 2 aromatic heterocycles. The Hall–Kier alpha value is -7.42. The molecule has 0 N–H and O–H groups in total. The first kappa shape index (κ1) is 32.8. The summed E-state index contributed by atoms with van der Waals surface area (Å²) >= 11 is 0. The average Bonchev–Trinajstić information content (AvgIpc) is 3.74. The number of rotatable bonds is 4. The summed E-state index contributed by atoms with van der Waals surface area (Å²) in [5.74, 6) is 0. The highest BCUT2D eigenvalue weighted by Gasteiger charge is 2.20. The standard InChI is InChI=1S/C56H38N2/c1-57-52-24-10-8-18-42(52)49-32-38(26-28-54(49)57)40-20-12-22-44-47(40)34-48-41(39-27-29-55-50(33-39)43-19-9-11-25-53(43)58(55)2)21-13-23-45(48)56(44)51-31-37-17-7-6-16-36(37)30-46(51)35-14-4-3-5-15-35/h3-34H,1-2H3. The second-order valence-corrected chi connectivity index (χ2v) is 15.8. The van der Waals surface area contributed by atoms with Crippen molar-refractivity contribution in [2.75, 3.05) is 0 Å². The third-order valence-corrected chi connectivity index (χ3v) is 12.7. The van der Waals surface area contributed by atoms with E-state index in [2.05, 4.69) is 217 Å². The maximum Gasteiger partial charge on any atom is 0.0489 e. The van der Waals surface area contributed by atoms with E-state index in [9.17, 15) is 0 Å². The summed E-state index contributed by atoms with van der Waals surface area (Å²) in [5.41, 5.74) is 14.8. The first-order valence-electron chi connectivity index (χ1n) is 20.1. The number of hydrogen-bond acceptors (Lipinski definition) is 0. The largest absolute Gasteiger partial charge is 0.344 e. The van der Waals surface area contributed by atoms with E-state index < -0.39 is 0 Å². The molecule has 0 saturated heterocycles. The van der Waals surface area contributed by atoms with Crippen molar-refractivity contribution >= 4 is 75.9 Å². The van der Waals surface area contributed by atoms with Crippen molar-refractivity contribution in [1.82, 2.24) is 9.13 Å². The highest BCUT2D eigenvalue weighted by Crippen LogP contribution is 2.47. The van der Waals surface area contributed by atoms with Crippen molar-refractivity contribution in [1.29, 1.82) is 0 Å². The molecule has 0 unspecified atom stereocenters. The van der Waals surface area contributed by atoms with E-state index in [4.69, 9.17) is 0 Å². The summed E-state index contributed by atoms with van der Waals surface area (Å²) in [6, 6.07) is 72.3. The fourth-order valence-corrected chi connectivity index (χ4v) is 9.94. The molecule has 0 aliphatic heterocycles. The van der Waals surface area contributed by atoms with E-state index in [1.165, 1.54) is 120 Å². The third kappa shape index (κ3) is 4.79. The molecule has 272 valence electrons. The average molecular weight is 739 g/mol. The second-order valence-electron chi connectivity index (χ2n) is 15.8. The number of aryl methyl sites for hydroxylation is 2. The minimum atomic E-state index is 1.21. The number of benzene rings is 10. The van der Waals surface area contributed by atoms with Gasteiger partial charge in [0.2, 0.25) is 0 Å². The molecule has 10 aromatic carbocycles. The van der Waals surface area contributed by atoms with E-state index in [-0.39, 0.29) is 0 Å². The first-order chi connectivity index (χ1) is 28.6. The third-order valence-electron chi connectivity index (χ3n) is 12.7. The van der Waals surface area contributed by atoms with Gasteiger partial charge in [0.25, 0.3) is 0 Å². The van der Waals surface area contributed by atoms with E-state index in [1.54, 1.807) is 0 Å². The highest BCUT2D eigenvalue weighted by atomic mass is 14.9. The van der Waals surface area contributed by atoms with E-state index in [0.717, 1.165) is 0 Å². The normalized spacial score (nSPS) is 12.0. The number of fused-ring (bicyclic) bond motifs is 9. The van der Waals surface area contributed by atoms with Gasteiger partial charge < -0.3 is 9.13 Å². The molecule has 0 atom stereocenters. The van der Waals surface area contributed by atoms with E-state index in [0.29, 0.717) is 0 Å². The van der Waals surface area contributed by atoms with Gasteiger partial charge in [0, 0.05) is 57.7 Å². The van der Waals surface area contributed by atoms with Crippen LogP contribution < -0.4 is 0 Å². The van der Waals surface area contributed by atoms with Crippen LogP contribution in [0.5, 0.6) is 0 Å². The van der Waals surface area contributed by atoms with Crippen molar-refractivity contribution < 1.29 is 0 Å². The molecule has 0 saturated carbocycles. The molecule has 2 heterocycles. The number of hydrogen-bond donors (Lipinski definition) is 0. The minimum Gasteiger partial charge on any atom is -0.344 e. The maximum absolute atomic E-state index is 2.47. The summed E-state index contributed by atoms with van der Waals surface area (Å²) in [6.07, 6.45) is 0.